The van der Waals surface area contributed by atoms with Crippen molar-refractivity contribution in [3.05, 3.63) is 203 Å². The zero-order chi connectivity index (χ0) is 46.5. The summed E-state index contributed by atoms with van der Waals surface area (Å²) in [4.78, 5) is 45.4. The fraction of sp³-hybridized carbons (Fsp3) is 0. The zero-order valence-corrected chi connectivity index (χ0v) is 35.0. The monoisotopic (exact) mass is 872 g/mol. The van der Waals surface area contributed by atoms with E-state index >= 15 is 0 Å². The number of carboxylic acids is 2. The summed E-state index contributed by atoms with van der Waals surface area (Å²) in [6, 6.07) is 52.1. The highest BCUT2D eigenvalue weighted by Gasteiger charge is 2.19. The van der Waals surface area contributed by atoms with Crippen molar-refractivity contribution < 1.29 is 38.9 Å². The molecule has 0 amide bonds. The lowest BCUT2D eigenvalue weighted by atomic mass is 9.84. The summed E-state index contributed by atoms with van der Waals surface area (Å²) < 4.78 is 10.0. The molecule has 8 aromatic rings. The predicted molar refractivity (Wildman–Crippen MR) is 257 cm³/mol. The van der Waals surface area contributed by atoms with E-state index in [2.05, 4.69) is 0 Å². The second-order valence-corrected chi connectivity index (χ2v) is 15.2. The van der Waals surface area contributed by atoms with E-state index in [1.54, 1.807) is 48.5 Å². The third-order valence-electron chi connectivity index (χ3n) is 11.2. The zero-order valence-electron chi connectivity index (χ0n) is 35.0. The molecule has 0 aliphatic heterocycles. The van der Waals surface area contributed by atoms with Gasteiger partial charge in [-0.15, -0.1) is 0 Å². The van der Waals surface area contributed by atoms with Crippen LogP contribution in [0.5, 0.6) is 11.5 Å². The molecule has 0 aliphatic carbocycles. The maximum Gasteiger partial charge on any atom is 0.337 e. The molecule has 0 heterocycles. The van der Waals surface area contributed by atoms with Crippen LogP contribution in [0.4, 0.5) is 22.7 Å². The Morgan fingerprint density at radius 2 is 0.591 bits per heavy atom. The summed E-state index contributed by atoms with van der Waals surface area (Å²) in [5, 5.41) is 19.1. The molecule has 0 radical (unpaired) electrons. The molecule has 0 aliphatic rings. The molecule has 0 bridgehead atoms. The number of carbonyl (C=O) groups excluding carboxylic acids is 2. The Bertz CT molecular complexity index is 2990. The summed E-state index contributed by atoms with van der Waals surface area (Å²) in [6.07, 6.45) is 0. The number of anilines is 4. The van der Waals surface area contributed by atoms with Gasteiger partial charge in [0, 0.05) is 11.4 Å². The molecule has 0 atom stereocenters. The molecule has 0 fully saturated rings. The van der Waals surface area contributed by atoms with Crippen LogP contribution in [0, 0.1) is 0 Å². The summed E-state index contributed by atoms with van der Waals surface area (Å²) in [7, 11) is 0. The van der Waals surface area contributed by atoms with Gasteiger partial charge < -0.3 is 42.6 Å². The van der Waals surface area contributed by atoms with Crippen molar-refractivity contribution in [3.63, 3.8) is 0 Å². The third kappa shape index (κ3) is 8.91. The molecule has 0 spiro atoms. The maximum atomic E-state index is 11.7. The van der Waals surface area contributed by atoms with Gasteiger partial charge in [0.1, 0.15) is 0 Å². The van der Waals surface area contributed by atoms with Gasteiger partial charge in [0.25, 0.3) is 12.9 Å². The number of aromatic carboxylic acids is 2. The summed E-state index contributed by atoms with van der Waals surface area (Å²) in [5.74, 6) is -1.70. The van der Waals surface area contributed by atoms with Crippen molar-refractivity contribution in [1.82, 2.24) is 0 Å². The van der Waals surface area contributed by atoms with Crippen LogP contribution in [0.25, 0.3) is 55.7 Å². The van der Waals surface area contributed by atoms with E-state index < -0.39 is 11.9 Å². The first-order chi connectivity index (χ1) is 31.9. The number of rotatable bonds is 14. The molecule has 324 valence electrons. The first kappa shape index (κ1) is 43.2. The van der Waals surface area contributed by atoms with Crippen molar-refractivity contribution in [2.45, 2.75) is 0 Å². The highest BCUT2D eigenvalue weighted by molar-refractivity contribution is 6.05. The Morgan fingerprint density at radius 1 is 0.348 bits per heavy atom. The SMILES string of the molecule is Nc1cc(-c2ccc(C(=C(c3ccc(-c4ccc(C(=O)O)c(N)c4)cc3)c3ccc(-c4ccc(C(=O)O)c(N)c4)cc3)c3ccc(-c4ccc(OC=O)c(N)c4)cc3)cc2)ccc1OC=O. The number of hydrogen-bond acceptors (Lipinski definition) is 10. The molecule has 10 N–H and O–H groups in total. The van der Waals surface area contributed by atoms with Gasteiger partial charge >= 0.3 is 11.9 Å². The second-order valence-electron chi connectivity index (χ2n) is 15.2. The minimum Gasteiger partial charge on any atom is -0.478 e. The number of ether oxygens (including phenoxy) is 2. The molecular formula is C54H40N4O8. The Balaban J connectivity index is 1.31. The Kier molecular flexibility index (Phi) is 12.1. The van der Waals surface area contributed by atoms with Crippen LogP contribution < -0.4 is 32.4 Å². The lowest BCUT2D eigenvalue weighted by Crippen LogP contribution is -2.02. The fourth-order valence-corrected chi connectivity index (χ4v) is 7.88. The molecule has 0 unspecified atom stereocenters. The van der Waals surface area contributed by atoms with E-state index in [1.165, 1.54) is 12.1 Å². The van der Waals surface area contributed by atoms with Crippen molar-refractivity contribution in [2.24, 2.45) is 0 Å². The fourth-order valence-electron chi connectivity index (χ4n) is 7.88. The van der Waals surface area contributed by atoms with E-state index in [4.69, 9.17) is 32.4 Å². The first-order valence-corrected chi connectivity index (χ1v) is 20.3. The molecule has 8 rings (SSSR count). The first-order valence-electron chi connectivity index (χ1n) is 20.3. The molecule has 0 saturated carbocycles. The number of hydrogen-bond donors (Lipinski definition) is 6. The van der Waals surface area contributed by atoms with Crippen LogP contribution in [0.1, 0.15) is 43.0 Å². The topological polar surface area (TPSA) is 231 Å². The normalized spacial score (nSPS) is 10.7. The van der Waals surface area contributed by atoms with Gasteiger partial charge in [0.15, 0.2) is 11.5 Å². The number of nitrogens with two attached hydrogens (primary N) is 4. The number of carboxylic acid groups (broad SMARTS) is 2. The maximum absolute atomic E-state index is 11.7. The molecule has 0 saturated heterocycles. The van der Waals surface area contributed by atoms with E-state index in [-0.39, 0.29) is 34.0 Å². The highest BCUT2D eigenvalue weighted by atomic mass is 16.5. The van der Waals surface area contributed by atoms with Crippen LogP contribution in [0.15, 0.2) is 170 Å². The van der Waals surface area contributed by atoms with Crippen molar-refractivity contribution >= 4 is 58.8 Å². The van der Waals surface area contributed by atoms with Crippen molar-refractivity contribution in [2.75, 3.05) is 22.9 Å². The van der Waals surface area contributed by atoms with E-state index in [0.29, 0.717) is 24.3 Å². The van der Waals surface area contributed by atoms with Gasteiger partial charge in [-0.05, 0) is 126 Å². The molecule has 8 aromatic carbocycles. The van der Waals surface area contributed by atoms with E-state index in [9.17, 15) is 29.4 Å². The van der Waals surface area contributed by atoms with Crippen LogP contribution in [-0.4, -0.2) is 35.1 Å². The highest BCUT2D eigenvalue weighted by Crippen LogP contribution is 2.41. The van der Waals surface area contributed by atoms with E-state index in [0.717, 1.165) is 77.9 Å². The van der Waals surface area contributed by atoms with Crippen molar-refractivity contribution in [3.8, 4) is 56.0 Å². The molecule has 12 nitrogen and oxygen atoms in total. The third-order valence-corrected chi connectivity index (χ3v) is 11.2. The van der Waals surface area contributed by atoms with Crippen molar-refractivity contribution in [1.29, 1.82) is 0 Å². The lowest BCUT2D eigenvalue weighted by Gasteiger charge is -2.20. The minimum absolute atomic E-state index is 0.0195. The van der Waals surface area contributed by atoms with Gasteiger partial charge in [-0.1, -0.05) is 121 Å². The second kappa shape index (κ2) is 18.5. The average molecular weight is 873 g/mol. The predicted octanol–water partition coefficient (Wildman–Crippen LogP) is 10.2. The largest absolute Gasteiger partial charge is 0.478 e. The van der Waals surface area contributed by atoms with Gasteiger partial charge in [-0.3, -0.25) is 9.59 Å². The Morgan fingerprint density at radius 3 is 0.818 bits per heavy atom. The van der Waals surface area contributed by atoms with Gasteiger partial charge in [-0.2, -0.15) is 0 Å². The summed E-state index contributed by atoms with van der Waals surface area (Å²) in [6.45, 7) is 0.663. The van der Waals surface area contributed by atoms with Gasteiger partial charge in [0.2, 0.25) is 0 Å². The molecular weight excluding hydrogens is 833 g/mol. The summed E-state index contributed by atoms with van der Waals surface area (Å²) in [5.41, 5.74) is 37.4. The van der Waals surface area contributed by atoms with Crippen LogP contribution in [0.3, 0.4) is 0 Å². The van der Waals surface area contributed by atoms with E-state index in [1.807, 2.05) is 109 Å². The molecule has 12 heteroatoms. The number of carbonyl (C=O) groups is 4. The van der Waals surface area contributed by atoms with Gasteiger partial charge in [-0.25, -0.2) is 9.59 Å². The Labute approximate surface area is 378 Å². The van der Waals surface area contributed by atoms with Crippen LogP contribution in [-0.2, 0) is 9.59 Å². The average Bonchev–Trinajstić information content (AvgIpc) is 3.32. The standard InChI is InChI=1S/C54H40N4O8/c55-45-25-39(17-21-43(45)53(61)62)31-1-9-35(10-2-31)51(36-11-3-32(4-12-36)40-18-22-44(54(63)64)46(56)26-40)52(37-13-5-33(6-14-37)41-19-23-49(65-29-59)47(57)27-41)38-15-7-34(8-16-38)42-20-24-50(66-30-60)48(58)28-42/h1-30H,55-58H2,(H,61,62)(H,63,64). The van der Waals surface area contributed by atoms with Crippen LogP contribution in [0.2, 0.25) is 0 Å². The molecule has 0 aromatic heterocycles. The molecule has 66 heavy (non-hydrogen) atoms. The quantitative estimate of drug-likeness (QED) is 0.0340. The Hall–Kier alpha value is -9.42. The number of nitrogen functional groups attached to an aromatic ring is 4. The number of benzene rings is 8. The minimum atomic E-state index is -1.11. The van der Waals surface area contributed by atoms with Crippen LogP contribution >= 0.6 is 0 Å². The smallest absolute Gasteiger partial charge is 0.337 e. The lowest BCUT2D eigenvalue weighted by molar-refractivity contribution is -0.121. The van der Waals surface area contributed by atoms with Gasteiger partial charge in [0.05, 0.1) is 22.5 Å². The summed E-state index contributed by atoms with van der Waals surface area (Å²) >= 11 is 0.